The average molecular weight is 387 g/mol. The predicted octanol–water partition coefficient (Wildman–Crippen LogP) is 1.31. The van der Waals surface area contributed by atoms with Crippen LogP contribution in [-0.4, -0.2) is 40.6 Å². The SMILES string of the molecule is CCc1nc(C(N)O)c(Nc2cccc(CCNC(=O)[C@H](C)NC)c2)nc1C. The minimum absolute atomic E-state index is 0.0277. The van der Waals surface area contributed by atoms with Gasteiger partial charge in [-0.15, -0.1) is 0 Å². The Kier molecular flexibility index (Phi) is 7.86. The number of rotatable bonds is 9. The maximum Gasteiger partial charge on any atom is 0.236 e. The maximum atomic E-state index is 11.8. The highest BCUT2D eigenvalue weighted by Crippen LogP contribution is 2.23. The molecule has 2 aromatic rings. The van der Waals surface area contributed by atoms with E-state index in [2.05, 4.69) is 25.9 Å². The van der Waals surface area contributed by atoms with Gasteiger partial charge in [0.1, 0.15) is 11.9 Å². The molecular weight excluding hydrogens is 356 g/mol. The van der Waals surface area contributed by atoms with Crippen molar-refractivity contribution in [1.82, 2.24) is 20.6 Å². The molecule has 0 aliphatic heterocycles. The molecule has 2 atom stereocenters. The molecule has 8 heteroatoms. The molecule has 1 aromatic heterocycles. The number of amides is 1. The summed E-state index contributed by atoms with van der Waals surface area (Å²) in [5.74, 6) is 0.415. The molecular formula is C20H30N6O2. The quantitative estimate of drug-likeness (QED) is 0.411. The molecule has 0 saturated heterocycles. The highest BCUT2D eigenvalue weighted by Gasteiger charge is 2.15. The number of benzene rings is 1. The van der Waals surface area contributed by atoms with Crippen LogP contribution in [0.15, 0.2) is 24.3 Å². The second-order valence-corrected chi connectivity index (χ2v) is 6.66. The van der Waals surface area contributed by atoms with E-state index in [-0.39, 0.29) is 11.9 Å². The number of aliphatic hydroxyl groups is 1. The van der Waals surface area contributed by atoms with Crippen LogP contribution in [-0.2, 0) is 17.6 Å². The number of aryl methyl sites for hydroxylation is 2. The van der Waals surface area contributed by atoms with Gasteiger partial charge in [0.25, 0.3) is 0 Å². The van der Waals surface area contributed by atoms with E-state index < -0.39 is 6.23 Å². The van der Waals surface area contributed by atoms with Crippen molar-refractivity contribution in [3.05, 3.63) is 46.9 Å². The number of nitrogens with one attached hydrogen (secondary N) is 3. The molecule has 1 heterocycles. The van der Waals surface area contributed by atoms with Crippen molar-refractivity contribution in [2.24, 2.45) is 5.73 Å². The van der Waals surface area contributed by atoms with E-state index in [9.17, 15) is 9.90 Å². The summed E-state index contributed by atoms with van der Waals surface area (Å²) in [4.78, 5) is 20.8. The summed E-state index contributed by atoms with van der Waals surface area (Å²) < 4.78 is 0. The van der Waals surface area contributed by atoms with Crippen molar-refractivity contribution in [3.63, 3.8) is 0 Å². The van der Waals surface area contributed by atoms with E-state index in [0.29, 0.717) is 30.9 Å². The molecule has 8 nitrogen and oxygen atoms in total. The van der Waals surface area contributed by atoms with E-state index in [1.165, 1.54) is 0 Å². The van der Waals surface area contributed by atoms with Crippen LogP contribution in [0.4, 0.5) is 11.5 Å². The van der Waals surface area contributed by atoms with Crippen molar-refractivity contribution >= 4 is 17.4 Å². The molecule has 0 aliphatic carbocycles. The summed E-state index contributed by atoms with van der Waals surface area (Å²) in [7, 11) is 1.75. The van der Waals surface area contributed by atoms with E-state index in [0.717, 1.165) is 22.6 Å². The highest BCUT2D eigenvalue weighted by atomic mass is 16.3. The molecule has 2 rings (SSSR count). The lowest BCUT2D eigenvalue weighted by Gasteiger charge is -2.16. The third-order valence-corrected chi connectivity index (χ3v) is 4.54. The second kappa shape index (κ2) is 10.1. The van der Waals surface area contributed by atoms with Gasteiger partial charge in [0.15, 0.2) is 5.82 Å². The summed E-state index contributed by atoms with van der Waals surface area (Å²) in [6, 6.07) is 7.58. The molecule has 1 unspecified atom stereocenters. The van der Waals surface area contributed by atoms with Crippen LogP contribution in [0.25, 0.3) is 0 Å². The normalized spacial score (nSPS) is 13.1. The molecule has 0 radical (unpaired) electrons. The summed E-state index contributed by atoms with van der Waals surface area (Å²) in [5, 5.41) is 18.9. The van der Waals surface area contributed by atoms with E-state index >= 15 is 0 Å². The average Bonchev–Trinajstić information content (AvgIpc) is 2.67. The Morgan fingerprint density at radius 2 is 2.07 bits per heavy atom. The number of hydrogen-bond acceptors (Lipinski definition) is 7. The zero-order valence-electron chi connectivity index (χ0n) is 16.9. The van der Waals surface area contributed by atoms with Gasteiger partial charge in [-0.25, -0.2) is 9.97 Å². The number of aliphatic hydroxyl groups excluding tert-OH is 1. The highest BCUT2D eigenvalue weighted by molar-refractivity contribution is 5.81. The van der Waals surface area contributed by atoms with Crippen molar-refractivity contribution in [3.8, 4) is 0 Å². The van der Waals surface area contributed by atoms with Crippen molar-refractivity contribution < 1.29 is 9.90 Å². The monoisotopic (exact) mass is 386 g/mol. The fraction of sp³-hybridized carbons (Fsp3) is 0.450. The van der Waals surface area contributed by atoms with E-state index in [4.69, 9.17) is 5.73 Å². The van der Waals surface area contributed by atoms with Crippen molar-refractivity contribution in [2.45, 2.75) is 45.9 Å². The van der Waals surface area contributed by atoms with Gasteiger partial charge in [0, 0.05) is 12.2 Å². The van der Waals surface area contributed by atoms with Gasteiger partial charge in [0.05, 0.1) is 17.4 Å². The molecule has 0 fully saturated rings. The molecule has 1 aromatic carbocycles. The zero-order chi connectivity index (χ0) is 20.7. The second-order valence-electron chi connectivity index (χ2n) is 6.66. The van der Waals surface area contributed by atoms with E-state index in [1.807, 2.05) is 45.0 Å². The van der Waals surface area contributed by atoms with E-state index in [1.54, 1.807) is 7.05 Å². The number of aromatic nitrogens is 2. The summed E-state index contributed by atoms with van der Waals surface area (Å²) in [6.45, 7) is 6.23. The first-order valence-corrected chi connectivity index (χ1v) is 9.47. The molecule has 1 amide bonds. The number of nitrogens with zero attached hydrogens (tertiary/aromatic N) is 2. The van der Waals surface area contributed by atoms with Crippen molar-refractivity contribution in [2.75, 3.05) is 18.9 Å². The van der Waals surface area contributed by atoms with Gasteiger partial charge in [-0.1, -0.05) is 19.1 Å². The van der Waals surface area contributed by atoms with Crippen LogP contribution in [0.2, 0.25) is 0 Å². The van der Waals surface area contributed by atoms with Gasteiger partial charge in [-0.05, 0) is 51.4 Å². The minimum atomic E-state index is -1.21. The largest absolute Gasteiger partial charge is 0.373 e. The first-order chi connectivity index (χ1) is 13.3. The third kappa shape index (κ3) is 5.72. The predicted molar refractivity (Wildman–Crippen MR) is 110 cm³/mol. The third-order valence-electron chi connectivity index (χ3n) is 4.54. The summed E-state index contributed by atoms with van der Waals surface area (Å²) in [6.07, 6.45) is 0.198. The molecule has 6 N–H and O–H groups in total. The topological polar surface area (TPSA) is 125 Å². The Morgan fingerprint density at radius 1 is 1.32 bits per heavy atom. The number of carbonyl (C=O) groups excluding carboxylic acids is 1. The molecule has 28 heavy (non-hydrogen) atoms. The standard InChI is InChI=1S/C20H30N6O2/c1-5-16-12(2)24-19(17(26-16)18(21)27)25-15-8-6-7-14(11-15)9-10-23-20(28)13(3)22-4/h6-8,11,13,18,22,27H,5,9-10,21H2,1-4H3,(H,23,28)(H,24,25)/t13-,18?/m0/s1. The lowest BCUT2D eigenvalue weighted by atomic mass is 10.1. The lowest BCUT2D eigenvalue weighted by molar-refractivity contribution is -0.122. The molecule has 0 bridgehead atoms. The maximum absolute atomic E-state index is 11.8. The first-order valence-electron chi connectivity index (χ1n) is 9.47. The number of hydrogen-bond donors (Lipinski definition) is 5. The van der Waals surface area contributed by atoms with Crippen LogP contribution < -0.4 is 21.7 Å². The smallest absolute Gasteiger partial charge is 0.236 e. The Bertz CT molecular complexity index is 809. The van der Waals surface area contributed by atoms with Crippen LogP contribution >= 0.6 is 0 Å². The van der Waals surface area contributed by atoms with Crippen LogP contribution in [0.3, 0.4) is 0 Å². The van der Waals surface area contributed by atoms with Crippen LogP contribution in [0.5, 0.6) is 0 Å². The first kappa shape index (κ1) is 21.7. The Morgan fingerprint density at radius 3 is 2.71 bits per heavy atom. The zero-order valence-corrected chi connectivity index (χ0v) is 16.9. The Labute approximate surface area is 166 Å². The Balaban J connectivity index is 2.10. The van der Waals surface area contributed by atoms with Gasteiger partial charge < -0.3 is 26.8 Å². The summed E-state index contributed by atoms with van der Waals surface area (Å²) >= 11 is 0. The number of likely N-dealkylation sites (N-methyl/N-ethyl adjacent to an activating group) is 1. The fourth-order valence-electron chi connectivity index (χ4n) is 2.76. The molecule has 152 valence electrons. The van der Waals surface area contributed by atoms with Gasteiger partial charge in [-0.2, -0.15) is 0 Å². The Hall–Kier alpha value is -2.55. The fourth-order valence-corrected chi connectivity index (χ4v) is 2.76. The van der Waals surface area contributed by atoms with Crippen LogP contribution in [0.1, 0.15) is 42.7 Å². The van der Waals surface area contributed by atoms with Gasteiger partial charge in [0.2, 0.25) is 5.91 Å². The van der Waals surface area contributed by atoms with Gasteiger partial charge >= 0.3 is 0 Å². The van der Waals surface area contributed by atoms with Gasteiger partial charge in [-0.3, -0.25) is 4.79 Å². The number of nitrogens with two attached hydrogens (primary N) is 1. The number of anilines is 2. The molecule has 0 spiro atoms. The molecule has 0 saturated carbocycles. The van der Waals surface area contributed by atoms with Crippen LogP contribution in [0, 0.1) is 6.92 Å². The molecule has 0 aliphatic rings. The lowest BCUT2D eigenvalue weighted by Crippen LogP contribution is -2.41. The van der Waals surface area contributed by atoms with Crippen molar-refractivity contribution in [1.29, 1.82) is 0 Å². The summed E-state index contributed by atoms with van der Waals surface area (Å²) in [5.41, 5.74) is 9.47. The minimum Gasteiger partial charge on any atom is -0.373 e. The number of carbonyl (C=O) groups is 1.